The number of nitrogens with two attached hydrogens (primary N) is 1. The van der Waals surface area contributed by atoms with Crippen molar-refractivity contribution in [3.8, 4) is 0 Å². The van der Waals surface area contributed by atoms with Crippen LogP contribution < -0.4 is 5.14 Å². The Morgan fingerprint density at radius 1 is 1.56 bits per heavy atom. The highest BCUT2D eigenvalue weighted by Gasteiger charge is 2.16. The van der Waals surface area contributed by atoms with Gasteiger partial charge in [0.2, 0.25) is 15.1 Å². The third-order valence-electron chi connectivity index (χ3n) is 2.22. The second-order valence-electron chi connectivity index (χ2n) is 3.42. The SMILES string of the molecule is COC(=S)c1nc2cc(Cl)c(S(N)(=O)=O)cc2[nH]1. The summed E-state index contributed by atoms with van der Waals surface area (Å²) in [5.41, 5.74) is 0.930. The predicted molar refractivity (Wildman–Crippen MR) is 71.2 cm³/mol. The Kier molecular flexibility index (Phi) is 3.28. The number of rotatable bonds is 2. The van der Waals surface area contributed by atoms with E-state index in [9.17, 15) is 8.42 Å². The molecule has 6 nitrogen and oxygen atoms in total. The van der Waals surface area contributed by atoms with Crippen molar-refractivity contribution in [1.29, 1.82) is 0 Å². The second kappa shape index (κ2) is 4.47. The molecule has 0 fully saturated rings. The van der Waals surface area contributed by atoms with Crippen LogP contribution in [0.25, 0.3) is 11.0 Å². The first-order valence-corrected chi connectivity index (χ1v) is 6.96. The number of methoxy groups -OCH3 is 1. The highest BCUT2D eigenvalue weighted by Crippen LogP contribution is 2.25. The molecule has 2 aromatic rings. The molecule has 0 aliphatic heterocycles. The number of sulfonamides is 1. The average molecular weight is 306 g/mol. The van der Waals surface area contributed by atoms with Crippen LogP contribution in [0.1, 0.15) is 5.82 Å². The molecule has 3 N–H and O–H groups in total. The minimum absolute atomic E-state index is 0.00591. The summed E-state index contributed by atoms with van der Waals surface area (Å²) in [5.74, 6) is 0.324. The van der Waals surface area contributed by atoms with Gasteiger partial charge < -0.3 is 9.72 Å². The molecule has 0 amide bonds. The minimum Gasteiger partial charge on any atom is -0.484 e. The topological polar surface area (TPSA) is 98.1 Å². The van der Waals surface area contributed by atoms with Gasteiger partial charge in [-0.25, -0.2) is 18.5 Å². The van der Waals surface area contributed by atoms with Gasteiger partial charge in [0, 0.05) is 0 Å². The molecule has 0 aliphatic rings. The minimum atomic E-state index is -3.89. The summed E-state index contributed by atoms with van der Waals surface area (Å²) in [7, 11) is -2.47. The molecule has 1 heterocycles. The Bertz CT molecular complexity index is 739. The van der Waals surface area contributed by atoms with E-state index in [0.29, 0.717) is 16.9 Å². The molecule has 0 atom stereocenters. The lowest BCUT2D eigenvalue weighted by Gasteiger charge is -2.00. The van der Waals surface area contributed by atoms with E-state index in [2.05, 4.69) is 9.97 Å². The lowest BCUT2D eigenvalue weighted by Crippen LogP contribution is -2.12. The molecule has 2 rings (SSSR count). The highest BCUT2D eigenvalue weighted by molar-refractivity contribution is 7.89. The fourth-order valence-electron chi connectivity index (χ4n) is 1.42. The normalized spacial score (nSPS) is 11.7. The number of nitrogens with zero attached hydrogens (tertiary/aromatic N) is 1. The molecule has 0 saturated carbocycles. The van der Waals surface area contributed by atoms with Crippen LogP contribution in [0.3, 0.4) is 0 Å². The lowest BCUT2D eigenvalue weighted by molar-refractivity contribution is 0.413. The summed E-state index contributed by atoms with van der Waals surface area (Å²) < 4.78 is 27.5. The van der Waals surface area contributed by atoms with Crippen LogP contribution in [-0.2, 0) is 14.8 Å². The van der Waals surface area contributed by atoms with E-state index in [1.807, 2.05) is 0 Å². The van der Waals surface area contributed by atoms with Crippen LogP contribution in [0.2, 0.25) is 5.02 Å². The molecule has 0 aliphatic carbocycles. The number of ether oxygens (including phenoxy) is 1. The number of H-pyrrole nitrogens is 1. The maximum Gasteiger partial charge on any atom is 0.239 e. The number of thiocarbonyl (C=S) groups is 1. The van der Waals surface area contributed by atoms with Crippen molar-refractivity contribution in [2.75, 3.05) is 7.11 Å². The first-order valence-electron chi connectivity index (χ1n) is 4.63. The smallest absolute Gasteiger partial charge is 0.239 e. The van der Waals surface area contributed by atoms with Gasteiger partial charge in [-0.1, -0.05) is 11.6 Å². The third-order valence-corrected chi connectivity index (χ3v) is 3.96. The summed E-state index contributed by atoms with van der Waals surface area (Å²) in [6, 6.07) is 2.71. The van der Waals surface area contributed by atoms with E-state index in [0.717, 1.165) is 0 Å². The first kappa shape index (κ1) is 13.2. The van der Waals surface area contributed by atoms with Crippen molar-refractivity contribution in [1.82, 2.24) is 9.97 Å². The number of imidazole rings is 1. The third kappa shape index (κ3) is 2.32. The van der Waals surface area contributed by atoms with Crippen molar-refractivity contribution in [3.63, 3.8) is 0 Å². The summed E-state index contributed by atoms with van der Waals surface area (Å²) >= 11 is 10.7. The van der Waals surface area contributed by atoms with Crippen molar-refractivity contribution < 1.29 is 13.2 Å². The van der Waals surface area contributed by atoms with E-state index in [-0.39, 0.29) is 15.0 Å². The summed E-state index contributed by atoms with van der Waals surface area (Å²) in [6.45, 7) is 0. The molecule has 9 heteroatoms. The van der Waals surface area contributed by atoms with Gasteiger partial charge in [-0.2, -0.15) is 0 Å². The van der Waals surface area contributed by atoms with Crippen LogP contribution >= 0.6 is 23.8 Å². The highest BCUT2D eigenvalue weighted by atomic mass is 35.5. The average Bonchev–Trinajstić information content (AvgIpc) is 2.68. The molecule has 0 unspecified atom stereocenters. The molecular formula is C9H8ClN3O3S2. The number of primary sulfonamides is 1. The van der Waals surface area contributed by atoms with Gasteiger partial charge in [0.1, 0.15) is 4.90 Å². The van der Waals surface area contributed by atoms with E-state index >= 15 is 0 Å². The number of hydrogen-bond donors (Lipinski definition) is 2. The Morgan fingerprint density at radius 3 is 2.78 bits per heavy atom. The monoisotopic (exact) mass is 305 g/mol. The molecule has 0 bridgehead atoms. The zero-order valence-electron chi connectivity index (χ0n) is 9.10. The van der Waals surface area contributed by atoms with E-state index in [1.54, 1.807) is 0 Å². The van der Waals surface area contributed by atoms with Gasteiger partial charge in [-0.3, -0.25) is 0 Å². The maximum atomic E-state index is 11.3. The quantitative estimate of drug-likeness (QED) is 0.812. The van der Waals surface area contributed by atoms with Crippen LogP contribution in [0, 0.1) is 0 Å². The fraction of sp³-hybridized carbons (Fsp3) is 0.111. The Labute approximate surface area is 113 Å². The van der Waals surface area contributed by atoms with Crippen molar-refractivity contribution in [2.24, 2.45) is 5.14 Å². The standard InChI is InChI=1S/C9H8ClN3O3S2/c1-16-9(17)8-12-5-2-4(10)7(18(11,14)15)3-6(5)13-8/h2-3H,1H3,(H,12,13)(H2,11,14,15). The van der Waals surface area contributed by atoms with E-state index < -0.39 is 10.0 Å². The molecular weight excluding hydrogens is 298 g/mol. The molecule has 0 radical (unpaired) electrons. The molecule has 1 aromatic heterocycles. The van der Waals surface area contributed by atoms with Gasteiger partial charge in [-0.05, 0) is 24.4 Å². The van der Waals surface area contributed by atoms with Gasteiger partial charge >= 0.3 is 0 Å². The van der Waals surface area contributed by atoms with Gasteiger partial charge in [0.25, 0.3) is 0 Å². The number of nitrogens with one attached hydrogen (secondary N) is 1. The first-order chi connectivity index (χ1) is 8.32. The number of aromatic amines is 1. The summed E-state index contributed by atoms with van der Waals surface area (Å²) in [6.07, 6.45) is 0. The van der Waals surface area contributed by atoms with Crippen molar-refractivity contribution >= 4 is 49.9 Å². The Morgan fingerprint density at radius 2 is 2.22 bits per heavy atom. The van der Waals surface area contributed by atoms with Crippen molar-refractivity contribution in [3.05, 3.63) is 23.0 Å². The predicted octanol–water partition coefficient (Wildman–Crippen LogP) is 1.19. The Hall–Kier alpha value is -1.22. The van der Waals surface area contributed by atoms with Crippen LogP contribution in [0.15, 0.2) is 17.0 Å². The molecule has 96 valence electrons. The van der Waals surface area contributed by atoms with Gasteiger partial charge in [-0.15, -0.1) is 0 Å². The van der Waals surface area contributed by atoms with Gasteiger partial charge in [0.15, 0.2) is 5.82 Å². The van der Waals surface area contributed by atoms with Crippen LogP contribution in [0.4, 0.5) is 0 Å². The number of aromatic nitrogens is 2. The number of fused-ring (bicyclic) bond motifs is 1. The van der Waals surface area contributed by atoms with Crippen LogP contribution in [-0.4, -0.2) is 30.5 Å². The van der Waals surface area contributed by atoms with Crippen LogP contribution in [0.5, 0.6) is 0 Å². The summed E-state index contributed by atoms with van der Waals surface area (Å²) in [4.78, 5) is 6.78. The van der Waals surface area contributed by atoms with Crippen molar-refractivity contribution in [2.45, 2.75) is 4.90 Å². The Balaban J connectivity index is 2.69. The van der Waals surface area contributed by atoms with E-state index in [4.69, 9.17) is 33.7 Å². The van der Waals surface area contributed by atoms with Gasteiger partial charge in [0.05, 0.1) is 23.2 Å². The number of hydrogen-bond acceptors (Lipinski definition) is 5. The molecule has 0 saturated heterocycles. The second-order valence-corrected chi connectivity index (χ2v) is 5.73. The molecule has 18 heavy (non-hydrogen) atoms. The molecule has 1 aromatic carbocycles. The molecule has 0 spiro atoms. The summed E-state index contributed by atoms with van der Waals surface area (Å²) in [5, 5.41) is 5.22. The number of benzene rings is 1. The lowest BCUT2D eigenvalue weighted by atomic mass is 10.3. The zero-order valence-corrected chi connectivity index (χ0v) is 11.5. The van der Waals surface area contributed by atoms with E-state index in [1.165, 1.54) is 19.2 Å². The largest absolute Gasteiger partial charge is 0.484 e. The maximum absolute atomic E-state index is 11.3. The fourth-order valence-corrected chi connectivity index (χ4v) is 2.61. The zero-order chi connectivity index (χ0) is 13.5. The number of halogens is 1.